The summed E-state index contributed by atoms with van der Waals surface area (Å²) in [6.07, 6.45) is 1.18. The number of rotatable bonds is 6. The van der Waals surface area contributed by atoms with Crippen LogP contribution in [0.3, 0.4) is 0 Å². The van der Waals surface area contributed by atoms with Crippen molar-refractivity contribution in [3.63, 3.8) is 0 Å². The largest absolute Gasteiger partial charge is 0.313 e. The van der Waals surface area contributed by atoms with Crippen LogP contribution in [0.5, 0.6) is 0 Å². The van der Waals surface area contributed by atoms with Crippen molar-refractivity contribution in [2.24, 2.45) is 5.92 Å². The molecule has 0 heterocycles. The minimum Gasteiger partial charge on any atom is -0.313 e. The van der Waals surface area contributed by atoms with Crippen molar-refractivity contribution in [2.75, 3.05) is 6.54 Å². The molecule has 1 rings (SSSR count). The summed E-state index contributed by atoms with van der Waals surface area (Å²) >= 11 is 5.93. The Kier molecular flexibility index (Phi) is 6.01. The number of nitrogens with one attached hydrogen (secondary N) is 1. The molecule has 0 spiro atoms. The van der Waals surface area contributed by atoms with E-state index < -0.39 is 0 Å². The molecular formula is C15H24ClN. The lowest BCUT2D eigenvalue weighted by molar-refractivity contribution is 0.354. The average Bonchev–Trinajstić information content (AvgIpc) is 2.29. The van der Waals surface area contributed by atoms with Crippen molar-refractivity contribution in [1.29, 1.82) is 0 Å². The normalized spacial score (nSPS) is 14.9. The van der Waals surface area contributed by atoms with E-state index in [2.05, 4.69) is 45.1 Å². The van der Waals surface area contributed by atoms with Gasteiger partial charge in [0.1, 0.15) is 0 Å². The number of benzene rings is 1. The standard InChI is InChI=1S/C15H24ClN/c1-5-10-17-15(11(2)3)12(4)13-6-8-14(16)9-7-13/h6-9,11-12,15,17H,5,10H2,1-4H3. The number of hydrogen-bond acceptors (Lipinski definition) is 1. The lowest BCUT2D eigenvalue weighted by Gasteiger charge is -2.29. The first-order valence-corrected chi connectivity index (χ1v) is 6.93. The summed E-state index contributed by atoms with van der Waals surface area (Å²) in [4.78, 5) is 0. The summed E-state index contributed by atoms with van der Waals surface area (Å²) < 4.78 is 0. The van der Waals surface area contributed by atoms with E-state index in [1.165, 1.54) is 12.0 Å². The predicted molar refractivity (Wildman–Crippen MR) is 76.8 cm³/mol. The van der Waals surface area contributed by atoms with Gasteiger partial charge in [-0.15, -0.1) is 0 Å². The van der Waals surface area contributed by atoms with Crippen LogP contribution < -0.4 is 5.32 Å². The highest BCUT2D eigenvalue weighted by atomic mass is 35.5. The highest BCUT2D eigenvalue weighted by molar-refractivity contribution is 6.30. The van der Waals surface area contributed by atoms with Crippen molar-refractivity contribution in [3.05, 3.63) is 34.9 Å². The van der Waals surface area contributed by atoms with Crippen LogP contribution in [0, 0.1) is 5.92 Å². The molecule has 2 heteroatoms. The molecule has 1 N–H and O–H groups in total. The van der Waals surface area contributed by atoms with Crippen molar-refractivity contribution in [3.8, 4) is 0 Å². The fourth-order valence-electron chi connectivity index (χ4n) is 2.27. The van der Waals surface area contributed by atoms with Gasteiger partial charge < -0.3 is 5.32 Å². The first-order valence-electron chi connectivity index (χ1n) is 6.55. The van der Waals surface area contributed by atoms with Gasteiger partial charge in [0.15, 0.2) is 0 Å². The Bertz CT molecular complexity index is 318. The third kappa shape index (κ3) is 4.33. The molecule has 96 valence electrons. The van der Waals surface area contributed by atoms with E-state index in [1.54, 1.807) is 0 Å². The summed E-state index contributed by atoms with van der Waals surface area (Å²) in [6, 6.07) is 8.75. The minimum atomic E-state index is 0.513. The molecule has 0 saturated carbocycles. The zero-order valence-corrected chi connectivity index (χ0v) is 12.1. The zero-order chi connectivity index (χ0) is 12.8. The Labute approximate surface area is 111 Å². The van der Waals surface area contributed by atoms with Crippen LogP contribution in [0.1, 0.15) is 45.6 Å². The summed E-state index contributed by atoms with van der Waals surface area (Å²) in [5.74, 6) is 1.14. The van der Waals surface area contributed by atoms with E-state index in [-0.39, 0.29) is 0 Å². The molecule has 2 atom stereocenters. The molecule has 1 aromatic rings. The Balaban J connectivity index is 2.76. The van der Waals surface area contributed by atoms with Crippen LogP contribution in [0.25, 0.3) is 0 Å². The summed E-state index contributed by atoms with van der Waals surface area (Å²) in [6.45, 7) is 10.1. The Hall–Kier alpha value is -0.530. The van der Waals surface area contributed by atoms with Gasteiger partial charge in [-0.2, -0.15) is 0 Å². The number of hydrogen-bond donors (Lipinski definition) is 1. The van der Waals surface area contributed by atoms with E-state index in [1.807, 2.05) is 12.1 Å². The summed E-state index contributed by atoms with van der Waals surface area (Å²) in [7, 11) is 0. The van der Waals surface area contributed by atoms with Crippen LogP contribution in [0.15, 0.2) is 24.3 Å². The molecule has 0 bridgehead atoms. The molecule has 2 unspecified atom stereocenters. The van der Waals surface area contributed by atoms with Crippen molar-refractivity contribution < 1.29 is 0 Å². The molecule has 0 aliphatic carbocycles. The van der Waals surface area contributed by atoms with Gasteiger partial charge >= 0.3 is 0 Å². The lowest BCUT2D eigenvalue weighted by Crippen LogP contribution is -2.38. The smallest absolute Gasteiger partial charge is 0.0406 e. The molecule has 1 nitrogen and oxygen atoms in total. The van der Waals surface area contributed by atoms with Crippen LogP contribution in [0.2, 0.25) is 5.02 Å². The van der Waals surface area contributed by atoms with E-state index in [4.69, 9.17) is 11.6 Å². The molecule has 17 heavy (non-hydrogen) atoms. The first kappa shape index (κ1) is 14.5. The lowest BCUT2D eigenvalue weighted by atomic mass is 9.86. The monoisotopic (exact) mass is 253 g/mol. The van der Waals surface area contributed by atoms with Crippen LogP contribution in [-0.4, -0.2) is 12.6 Å². The van der Waals surface area contributed by atoms with Crippen LogP contribution in [0.4, 0.5) is 0 Å². The van der Waals surface area contributed by atoms with Gasteiger partial charge in [0.05, 0.1) is 0 Å². The van der Waals surface area contributed by atoms with E-state index in [0.717, 1.165) is 11.6 Å². The Morgan fingerprint density at radius 2 is 1.71 bits per heavy atom. The molecular weight excluding hydrogens is 230 g/mol. The highest BCUT2D eigenvalue weighted by Crippen LogP contribution is 2.25. The quantitative estimate of drug-likeness (QED) is 0.789. The van der Waals surface area contributed by atoms with Crippen molar-refractivity contribution in [1.82, 2.24) is 5.32 Å². The molecule has 1 aromatic carbocycles. The van der Waals surface area contributed by atoms with Gasteiger partial charge in [-0.1, -0.05) is 51.4 Å². The summed E-state index contributed by atoms with van der Waals surface area (Å²) in [5.41, 5.74) is 1.36. The molecule has 0 aromatic heterocycles. The molecule has 0 fully saturated rings. The van der Waals surface area contributed by atoms with Gasteiger partial charge in [-0.25, -0.2) is 0 Å². The van der Waals surface area contributed by atoms with E-state index in [0.29, 0.717) is 17.9 Å². The highest BCUT2D eigenvalue weighted by Gasteiger charge is 2.21. The maximum atomic E-state index is 5.93. The third-order valence-corrected chi connectivity index (χ3v) is 3.53. The average molecular weight is 254 g/mol. The molecule has 0 aliphatic rings. The minimum absolute atomic E-state index is 0.513. The maximum Gasteiger partial charge on any atom is 0.0406 e. The molecule has 0 amide bonds. The van der Waals surface area contributed by atoms with Gasteiger partial charge in [0.2, 0.25) is 0 Å². The van der Waals surface area contributed by atoms with Crippen molar-refractivity contribution >= 4 is 11.6 Å². The molecule has 0 radical (unpaired) electrons. The van der Waals surface area contributed by atoms with Gasteiger partial charge in [-0.3, -0.25) is 0 Å². The third-order valence-electron chi connectivity index (χ3n) is 3.28. The fourth-order valence-corrected chi connectivity index (χ4v) is 2.40. The summed E-state index contributed by atoms with van der Waals surface area (Å²) in [5, 5.41) is 4.46. The van der Waals surface area contributed by atoms with E-state index >= 15 is 0 Å². The predicted octanol–water partition coefficient (Wildman–Crippen LogP) is 4.47. The zero-order valence-electron chi connectivity index (χ0n) is 11.3. The SMILES string of the molecule is CCCNC(C(C)C)C(C)c1ccc(Cl)cc1. The van der Waals surface area contributed by atoms with Crippen molar-refractivity contribution in [2.45, 2.75) is 46.1 Å². The second-order valence-electron chi connectivity index (χ2n) is 5.06. The number of halogens is 1. The van der Waals surface area contributed by atoms with Gasteiger partial charge in [0.25, 0.3) is 0 Å². The van der Waals surface area contributed by atoms with E-state index in [9.17, 15) is 0 Å². The molecule has 0 aliphatic heterocycles. The van der Waals surface area contributed by atoms with Gasteiger partial charge in [0, 0.05) is 11.1 Å². The fraction of sp³-hybridized carbons (Fsp3) is 0.600. The van der Waals surface area contributed by atoms with Crippen LogP contribution in [-0.2, 0) is 0 Å². The first-order chi connectivity index (χ1) is 8.06. The van der Waals surface area contributed by atoms with Crippen LogP contribution >= 0.6 is 11.6 Å². The van der Waals surface area contributed by atoms with Gasteiger partial charge in [-0.05, 0) is 42.5 Å². The second-order valence-corrected chi connectivity index (χ2v) is 5.50. The Morgan fingerprint density at radius 1 is 1.12 bits per heavy atom. The maximum absolute atomic E-state index is 5.93. The Morgan fingerprint density at radius 3 is 2.18 bits per heavy atom. The second kappa shape index (κ2) is 7.03. The molecule has 0 saturated heterocycles. The topological polar surface area (TPSA) is 12.0 Å².